The van der Waals surface area contributed by atoms with E-state index in [0.717, 1.165) is 24.9 Å². The summed E-state index contributed by atoms with van der Waals surface area (Å²) in [6.45, 7) is 2.14. The van der Waals surface area contributed by atoms with Crippen molar-refractivity contribution in [3.8, 4) is 0 Å². The minimum Gasteiger partial charge on any atom is -0.274 e. The van der Waals surface area contributed by atoms with E-state index in [4.69, 9.17) is 0 Å². The van der Waals surface area contributed by atoms with Crippen LogP contribution in [0.5, 0.6) is 0 Å². The van der Waals surface area contributed by atoms with E-state index in [0.29, 0.717) is 0 Å². The molecule has 4 atom stereocenters. The lowest BCUT2D eigenvalue weighted by atomic mass is 9.85. The predicted molar refractivity (Wildman–Crippen MR) is 80.6 cm³/mol. The monoisotopic (exact) mass is 281 g/mol. The van der Waals surface area contributed by atoms with Crippen molar-refractivity contribution in [1.29, 1.82) is 0 Å². The highest BCUT2D eigenvalue weighted by Gasteiger charge is 2.59. The second-order valence-corrected chi connectivity index (χ2v) is 6.43. The van der Waals surface area contributed by atoms with Gasteiger partial charge in [0.25, 0.3) is 0 Å². The summed E-state index contributed by atoms with van der Waals surface area (Å²) in [7, 11) is 0. The number of aryl methyl sites for hydroxylation is 1. The van der Waals surface area contributed by atoms with Crippen molar-refractivity contribution >= 4 is 17.5 Å². The van der Waals surface area contributed by atoms with Crippen LogP contribution in [-0.2, 0) is 16.0 Å². The molecule has 0 N–H and O–H groups in total. The molecule has 0 unspecified atom stereocenters. The van der Waals surface area contributed by atoms with Gasteiger partial charge in [-0.1, -0.05) is 37.6 Å². The van der Waals surface area contributed by atoms with Crippen molar-refractivity contribution in [3.05, 3.63) is 42.0 Å². The number of allylic oxidation sites excluding steroid dienone is 2. The van der Waals surface area contributed by atoms with Crippen LogP contribution in [0.25, 0.3) is 0 Å². The molecule has 0 spiro atoms. The molecule has 3 heteroatoms. The van der Waals surface area contributed by atoms with Gasteiger partial charge in [-0.2, -0.15) is 0 Å². The molecular formula is C18H19NO2. The SMILES string of the molecule is CCCc1ccc(N2C(=O)[C@@H]3[C@H](C2=O)[C@H]2C=C[C@H]3C2)cc1. The molecule has 3 aliphatic rings. The molecule has 1 saturated carbocycles. The number of anilines is 1. The fourth-order valence-electron chi connectivity index (χ4n) is 4.26. The van der Waals surface area contributed by atoms with Crippen LogP contribution in [0.15, 0.2) is 36.4 Å². The van der Waals surface area contributed by atoms with Gasteiger partial charge in [0.2, 0.25) is 11.8 Å². The topological polar surface area (TPSA) is 37.4 Å². The molecule has 21 heavy (non-hydrogen) atoms. The number of benzene rings is 1. The summed E-state index contributed by atoms with van der Waals surface area (Å²) in [5.41, 5.74) is 1.99. The minimum atomic E-state index is -0.109. The van der Waals surface area contributed by atoms with Crippen molar-refractivity contribution in [2.45, 2.75) is 26.2 Å². The van der Waals surface area contributed by atoms with Gasteiger partial charge >= 0.3 is 0 Å². The van der Waals surface area contributed by atoms with Gasteiger partial charge in [-0.15, -0.1) is 0 Å². The molecule has 1 heterocycles. The Labute approximate surface area is 124 Å². The third-order valence-electron chi connectivity index (χ3n) is 5.20. The molecule has 1 saturated heterocycles. The van der Waals surface area contributed by atoms with Crippen LogP contribution < -0.4 is 4.90 Å². The van der Waals surface area contributed by atoms with Crippen LogP contribution in [0.1, 0.15) is 25.3 Å². The predicted octanol–water partition coefficient (Wildman–Crippen LogP) is 2.95. The van der Waals surface area contributed by atoms with Crippen LogP contribution in [-0.4, -0.2) is 11.8 Å². The van der Waals surface area contributed by atoms with Crippen LogP contribution >= 0.6 is 0 Å². The van der Waals surface area contributed by atoms with Gasteiger partial charge in [-0.05, 0) is 42.4 Å². The molecule has 0 radical (unpaired) electrons. The van der Waals surface area contributed by atoms with Crippen molar-refractivity contribution in [3.63, 3.8) is 0 Å². The molecule has 3 nitrogen and oxygen atoms in total. The number of carbonyl (C=O) groups excluding carboxylic acids is 2. The molecule has 1 aromatic carbocycles. The Morgan fingerprint density at radius 3 is 2.10 bits per heavy atom. The van der Waals surface area contributed by atoms with E-state index in [-0.39, 0.29) is 35.5 Å². The van der Waals surface area contributed by atoms with Gasteiger partial charge in [0.05, 0.1) is 17.5 Å². The average molecular weight is 281 g/mol. The maximum atomic E-state index is 12.7. The first-order valence-corrected chi connectivity index (χ1v) is 7.85. The summed E-state index contributed by atoms with van der Waals surface area (Å²) in [5, 5.41) is 0. The van der Waals surface area contributed by atoms with Crippen LogP contribution in [0, 0.1) is 23.7 Å². The Kier molecular flexibility index (Phi) is 2.78. The lowest BCUT2D eigenvalue weighted by Gasteiger charge is -2.17. The number of nitrogens with zero attached hydrogens (tertiary/aromatic N) is 1. The zero-order chi connectivity index (χ0) is 14.6. The lowest BCUT2D eigenvalue weighted by Crippen LogP contribution is -2.32. The molecule has 2 fully saturated rings. The Balaban J connectivity index is 1.64. The maximum absolute atomic E-state index is 12.7. The highest BCUT2D eigenvalue weighted by molar-refractivity contribution is 6.22. The number of hydrogen-bond donors (Lipinski definition) is 0. The molecular weight excluding hydrogens is 262 g/mol. The molecule has 4 rings (SSSR count). The first-order valence-electron chi connectivity index (χ1n) is 7.85. The average Bonchev–Trinajstić information content (AvgIpc) is 3.15. The van der Waals surface area contributed by atoms with E-state index >= 15 is 0 Å². The smallest absolute Gasteiger partial charge is 0.238 e. The molecule has 0 aromatic heterocycles. The van der Waals surface area contributed by atoms with Crippen molar-refractivity contribution < 1.29 is 9.59 Å². The second kappa shape index (κ2) is 4.55. The minimum absolute atomic E-state index is 0.00471. The van der Waals surface area contributed by atoms with E-state index in [2.05, 4.69) is 19.1 Å². The van der Waals surface area contributed by atoms with Gasteiger partial charge in [0.15, 0.2) is 0 Å². The number of amides is 2. The molecule has 108 valence electrons. The second-order valence-electron chi connectivity index (χ2n) is 6.43. The summed E-state index contributed by atoms with van der Waals surface area (Å²) in [4.78, 5) is 26.8. The first-order chi connectivity index (χ1) is 10.2. The number of rotatable bonds is 3. The van der Waals surface area contributed by atoms with Gasteiger partial charge in [0, 0.05) is 0 Å². The third kappa shape index (κ3) is 1.73. The molecule has 1 aromatic rings. The lowest BCUT2D eigenvalue weighted by molar-refractivity contribution is -0.123. The van der Waals surface area contributed by atoms with Gasteiger partial charge in [-0.3, -0.25) is 14.5 Å². The Bertz CT molecular complexity index is 601. The van der Waals surface area contributed by atoms with Crippen molar-refractivity contribution in [2.24, 2.45) is 23.7 Å². The maximum Gasteiger partial charge on any atom is 0.238 e. The number of hydrogen-bond acceptors (Lipinski definition) is 2. The summed E-state index contributed by atoms with van der Waals surface area (Å²) in [5.74, 6) is 0.349. The summed E-state index contributed by atoms with van der Waals surface area (Å²) in [6, 6.07) is 7.88. The highest BCUT2D eigenvalue weighted by Crippen LogP contribution is 2.53. The van der Waals surface area contributed by atoms with Crippen LogP contribution in [0.4, 0.5) is 5.69 Å². The van der Waals surface area contributed by atoms with E-state index < -0.39 is 0 Å². The molecule has 2 amide bonds. The summed E-state index contributed by atoms with van der Waals surface area (Å²) >= 11 is 0. The van der Waals surface area contributed by atoms with E-state index in [1.54, 1.807) is 0 Å². The largest absolute Gasteiger partial charge is 0.274 e. The zero-order valence-corrected chi connectivity index (χ0v) is 12.2. The van der Waals surface area contributed by atoms with Crippen molar-refractivity contribution in [2.75, 3.05) is 4.90 Å². The summed E-state index contributed by atoms with van der Waals surface area (Å²) < 4.78 is 0. The highest BCUT2D eigenvalue weighted by atomic mass is 16.2. The van der Waals surface area contributed by atoms with Gasteiger partial charge in [-0.25, -0.2) is 0 Å². The fraction of sp³-hybridized carbons (Fsp3) is 0.444. The number of imide groups is 1. The van der Waals surface area contributed by atoms with Gasteiger partial charge < -0.3 is 0 Å². The van der Waals surface area contributed by atoms with E-state index in [1.807, 2.05) is 24.3 Å². The quantitative estimate of drug-likeness (QED) is 0.631. The molecule has 1 aliphatic heterocycles. The van der Waals surface area contributed by atoms with E-state index in [9.17, 15) is 9.59 Å². The number of fused-ring (bicyclic) bond motifs is 5. The zero-order valence-electron chi connectivity index (χ0n) is 12.2. The Morgan fingerprint density at radius 2 is 1.57 bits per heavy atom. The Morgan fingerprint density at radius 1 is 1.00 bits per heavy atom. The fourth-order valence-corrected chi connectivity index (χ4v) is 4.26. The van der Waals surface area contributed by atoms with Crippen molar-refractivity contribution in [1.82, 2.24) is 0 Å². The summed E-state index contributed by atoms with van der Waals surface area (Å²) in [6.07, 6.45) is 7.37. The first kappa shape index (κ1) is 12.8. The standard InChI is InChI=1S/C18H19NO2/c1-2-3-11-4-8-14(9-5-11)19-17(20)15-12-6-7-13(10-12)16(15)18(19)21/h4-9,12-13,15-16H,2-3,10H2,1H3/t12-,13-,15-,16+/m0/s1. The van der Waals surface area contributed by atoms with Gasteiger partial charge in [0.1, 0.15) is 0 Å². The van der Waals surface area contributed by atoms with Crippen LogP contribution in [0.3, 0.4) is 0 Å². The van der Waals surface area contributed by atoms with E-state index in [1.165, 1.54) is 10.5 Å². The molecule has 2 aliphatic carbocycles. The third-order valence-corrected chi connectivity index (χ3v) is 5.20. The molecule has 2 bridgehead atoms. The number of carbonyl (C=O) groups is 2. The Hall–Kier alpha value is -1.90. The van der Waals surface area contributed by atoms with Crippen LogP contribution in [0.2, 0.25) is 0 Å². The normalized spacial score (nSPS) is 33.1.